The van der Waals surface area contributed by atoms with Crippen molar-refractivity contribution in [3.05, 3.63) is 58.3 Å². The molecule has 2 rings (SSSR count). The zero-order chi connectivity index (χ0) is 15.4. The predicted molar refractivity (Wildman–Crippen MR) is 75.6 cm³/mol. The SMILES string of the molecule is NC(Cc1cccc(-c2cccc([N+](=O)[O-])c2)n1)C(=O)O. The molecule has 1 aromatic carbocycles. The fraction of sp³-hybridized carbons (Fsp3) is 0.143. The summed E-state index contributed by atoms with van der Waals surface area (Å²) in [5.74, 6) is -1.10. The van der Waals surface area contributed by atoms with E-state index in [4.69, 9.17) is 10.8 Å². The number of hydrogen-bond acceptors (Lipinski definition) is 5. The molecule has 0 aliphatic heterocycles. The van der Waals surface area contributed by atoms with Crippen LogP contribution in [0.2, 0.25) is 0 Å². The topological polar surface area (TPSA) is 119 Å². The number of nitrogens with two attached hydrogens (primary N) is 1. The molecular formula is C14H13N3O4. The van der Waals surface area contributed by atoms with Crippen LogP contribution in [0.1, 0.15) is 5.69 Å². The van der Waals surface area contributed by atoms with E-state index in [9.17, 15) is 14.9 Å². The molecule has 21 heavy (non-hydrogen) atoms. The van der Waals surface area contributed by atoms with Crippen molar-refractivity contribution in [3.8, 4) is 11.3 Å². The molecule has 0 saturated carbocycles. The number of pyridine rings is 1. The molecule has 0 spiro atoms. The Bertz CT molecular complexity index is 687. The van der Waals surface area contributed by atoms with Gasteiger partial charge >= 0.3 is 5.97 Å². The van der Waals surface area contributed by atoms with E-state index in [0.717, 1.165) is 0 Å². The summed E-state index contributed by atoms with van der Waals surface area (Å²) in [6.45, 7) is 0. The summed E-state index contributed by atoms with van der Waals surface area (Å²) < 4.78 is 0. The predicted octanol–water partition coefficient (Wildman–Crippen LogP) is 1.61. The zero-order valence-electron chi connectivity index (χ0n) is 11.0. The third kappa shape index (κ3) is 3.61. The van der Waals surface area contributed by atoms with Crippen LogP contribution in [0.15, 0.2) is 42.5 Å². The number of benzene rings is 1. The first-order valence-corrected chi connectivity index (χ1v) is 6.16. The van der Waals surface area contributed by atoms with E-state index in [2.05, 4.69) is 4.98 Å². The van der Waals surface area contributed by atoms with E-state index in [0.29, 0.717) is 17.0 Å². The number of nitro groups is 1. The van der Waals surface area contributed by atoms with E-state index < -0.39 is 16.9 Å². The number of carbonyl (C=O) groups is 1. The van der Waals surface area contributed by atoms with Crippen molar-refractivity contribution in [2.45, 2.75) is 12.5 Å². The van der Waals surface area contributed by atoms with Gasteiger partial charge in [-0.25, -0.2) is 0 Å². The summed E-state index contributed by atoms with van der Waals surface area (Å²) in [4.78, 5) is 25.3. The number of hydrogen-bond donors (Lipinski definition) is 2. The normalized spacial score (nSPS) is 11.9. The molecule has 0 aliphatic rings. The fourth-order valence-electron chi connectivity index (χ4n) is 1.85. The van der Waals surface area contributed by atoms with Crippen LogP contribution in [0.3, 0.4) is 0 Å². The van der Waals surface area contributed by atoms with Crippen LogP contribution in [0.4, 0.5) is 5.69 Å². The molecule has 0 amide bonds. The van der Waals surface area contributed by atoms with Gasteiger partial charge in [0, 0.05) is 29.8 Å². The van der Waals surface area contributed by atoms with Crippen molar-refractivity contribution < 1.29 is 14.8 Å². The lowest BCUT2D eigenvalue weighted by Gasteiger charge is -2.07. The number of carboxylic acids is 1. The summed E-state index contributed by atoms with van der Waals surface area (Å²) >= 11 is 0. The van der Waals surface area contributed by atoms with Crippen LogP contribution >= 0.6 is 0 Å². The third-order valence-electron chi connectivity index (χ3n) is 2.91. The van der Waals surface area contributed by atoms with Gasteiger partial charge in [-0.1, -0.05) is 18.2 Å². The molecule has 0 aliphatic carbocycles. The highest BCUT2D eigenvalue weighted by Crippen LogP contribution is 2.22. The Balaban J connectivity index is 2.31. The largest absolute Gasteiger partial charge is 0.480 e. The average Bonchev–Trinajstić information content (AvgIpc) is 2.47. The van der Waals surface area contributed by atoms with Crippen molar-refractivity contribution in [2.24, 2.45) is 5.73 Å². The van der Waals surface area contributed by atoms with Gasteiger partial charge in [0.15, 0.2) is 0 Å². The highest BCUT2D eigenvalue weighted by atomic mass is 16.6. The molecule has 1 unspecified atom stereocenters. The van der Waals surface area contributed by atoms with Gasteiger partial charge in [-0.05, 0) is 12.1 Å². The van der Waals surface area contributed by atoms with Crippen molar-refractivity contribution >= 4 is 11.7 Å². The summed E-state index contributed by atoms with van der Waals surface area (Å²) in [6, 6.07) is 10.2. The van der Waals surface area contributed by atoms with Crippen LogP contribution in [-0.2, 0) is 11.2 Å². The van der Waals surface area contributed by atoms with E-state index in [1.807, 2.05) is 0 Å². The summed E-state index contributed by atoms with van der Waals surface area (Å²) in [6.07, 6.45) is 0.0953. The van der Waals surface area contributed by atoms with Gasteiger partial charge in [0.05, 0.1) is 10.6 Å². The van der Waals surface area contributed by atoms with Crippen molar-refractivity contribution in [1.82, 2.24) is 4.98 Å². The Morgan fingerprint density at radius 1 is 1.33 bits per heavy atom. The second-order valence-electron chi connectivity index (χ2n) is 4.47. The van der Waals surface area contributed by atoms with Gasteiger partial charge in [0.25, 0.3) is 5.69 Å². The van der Waals surface area contributed by atoms with Gasteiger partial charge in [-0.15, -0.1) is 0 Å². The first-order chi connectivity index (χ1) is 9.97. The lowest BCUT2D eigenvalue weighted by molar-refractivity contribution is -0.384. The summed E-state index contributed by atoms with van der Waals surface area (Å²) in [7, 11) is 0. The van der Waals surface area contributed by atoms with Gasteiger partial charge in [0.2, 0.25) is 0 Å². The highest BCUT2D eigenvalue weighted by molar-refractivity contribution is 5.73. The Hall–Kier alpha value is -2.80. The number of carboxylic acid groups (broad SMARTS) is 1. The van der Waals surface area contributed by atoms with Gasteiger partial charge in [-0.2, -0.15) is 0 Å². The fourth-order valence-corrected chi connectivity index (χ4v) is 1.85. The maximum Gasteiger partial charge on any atom is 0.320 e. The standard InChI is InChI=1S/C14H13N3O4/c15-12(14(18)19)8-10-4-2-6-13(16-10)9-3-1-5-11(7-9)17(20)21/h1-7,12H,8,15H2,(H,18,19). The number of aromatic nitrogens is 1. The van der Waals surface area contributed by atoms with Gasteiger partial charge in [0.1, 0.15) is 6.04 Å². The minimum atomic E-state index is -1.10. The molecule has 3 N–H and O–H groups in total. The molecule has 7 nitrogen and oxygen atoms in total. The second kappa shape index (κ2) is 6.10. The maximum absolute atomic E-state index is 10.8. The van der Waals surface area contributed by atoms with Crippen LogP contribution in [-0.4, -0.2) is 27.0 Å². The molecular weight excluding hydrogens is 274 g/mol. The lowest BCUT2D eigenvalue weighted by Crippen LogP contribution is -2.32. The quantitative estimate of drug-likeness (QED) is 0.636. The minimum absolute atomic E-state index is 0.0260. The molecule has 2 aromatic rings. The number of aliphatic carboxylic acids is 1. The molecule has 1 atom stereocenters. The third-order valence-corrected chi connectivity index (χ3v) is 2.91. The smallest absolute Gasteiger partial charge is 0.320 e. The molecule has 0 fully saturated rings. The molecule has 0 radical (unpaired) electrons. The van der Waals surface area contributed by atoms with E-state index >= 15 is 0 Å². The number of non-ortho nitro benzene ring substituents is 1. The molecule has 0 saturated heterocycles. The molecule has 108 valence electrons. The maximum atomic E-state index is 10.8. The van der Waals surface area contributed by atoms with Crippen LogP contribution in [0, 0.1) is 10.1 Å². The number of nitrogens with zero attached hydrogens (tertiary/aromatic N) is 2. The van der Waals surface area contributed by atoms with Crippen LogP contribution in [0.25, 0.3) is 11.3 Å². The summed E-state index contributed by atoms with van der Waals surface area (Å²) in [5.41, 5.74) is 7.10. The van der Waals surface area contributed by atoms with Gasteiger partial charge in [-0.3, -0.25) is 19.9 Å². The van der Waals surface area contributed by atoms with Crippen LogP contribution in [0.5, 0.6) is 0 Å². The summed E-state index contributed by atoms with van der Waals surface area (Å²) in [5, 5.41) is 19.6. The minimum Gasteiger partial charge on any atom is -0.480 e. The van der Waals surface area contributed by atoms with Crippen molar-refractivity contribution in [3.63, 3.8) is 0 Å². The van der Waals surface area contributed by atoms with Crippen molar-refractivity contribution in [2.75, 3.05) is 0 Å². The molecule has 0 bridgehead atoms. The second-order valence-corrected chi connectivity index (χ2v) is 4.47. The Kier molecular flexibility index (Phi) is 4.24. The zero-order valence-corrected chi connectivity index (χ0v) is 11.0. The molecule has 1 heterocycles. The average molecular weight is 287 g/mol. The monoisotopic (exact) mass is 287 g/mol. The van der Waals surface area contributed by atoms with E-state index in [1.165, 1.54) is 12.1 Å². The molecule has 7 heteroatoms. The highest BCUT2D eigenvalue weighted by Gasteiger charge is 2.14. The van der Waals surface area contributed by atoms with Gasteiger partial charge < -0.3 is 10.8 Å². The number of nitro benzene ring substituents is 1. The first kappa shape index (κ1) is 14.6. The Morgan fingerprint density at radius 2 is 2.05 bits per heavy atom. The van der Waals surface area contributed by atoms with E-state index in [-0.39, 0.29) is 12.1 Å². The first-order valence-electron chi connectivity index (χ1n) is 6.16. The Morgan fingerprint density at radius 3 is 2.71 bits per heavy atom. The molecule has 1 aromatic heterocycles. The van der Waals surface area contributed by atoms with Crippen molar-refractivity contribution in [1.29, 1.82) is 0 Å². The lowest BCUT2D eigenvalue weighted by atomic mass is 10.1. The van der Waals surface area contributed by atoms with Crippen LogP contribution < -0.4 is 5.73 Å². The Labute approximate surface area is 120 Å². The van der Waals surface area contributed by atoms with E-state index in [1.54, 1.807) is 30.3 Å². The number of rotatable bonds is 5.